The molecule has 1 fully saturated rings. The highest BCUT2D eigenvalue weighted by Crippen LogP contribution is 2.34. The summed E-state index contributed by atoms with van der Waals surface area (Å²) in [6.07, 6.45) is 3.47. The van der Waals surface area contributed by atoms with Gasteiger partial charge in [-0.3, -0.25) is 14.3 Å². The number of nitrogens with zero attached hydrogens (tertiary/aromatic N) is 1. The SMILES string of the molecule is CCc1c(Cl)[nH]c(=O)n(C2CC(C)CC(C)C2)c1=O. The number of hydrogen-bond acceptors (Lipinski definition) is 2. The van der Waals surface area contributed by atoms with Crippen LogP contribution in [0.3, 0.4) is 0 Å². The highest BCUT2D eigenvalue weighted by molar-refractivity contribution is 6.30. The summed E-state index contributed by atoms with van der Waals surface area (Å²) < 4.78 is 1.39. The van der Waals surface area contributed by atoms with E-state index < -0.39 is 0 Å². The summed E-state index contributed by atoms with van der Waals surface area (Å²) in [5, 5.41) is 0.186. The van der Waals surface area contributed by atoms with Crippen LogP contribution in [0.1, 0.15) is 51.6 Å². The van der Waals surface area contributed by atoms with Crippen LogP contribution in [-0.4, -0.2) is 9.55 Å². The molecule has 1 heterocycles. The van der Waals surface area contributed by atoms with Crippen molar-refractivity contribution in [2.45, 2.75) is 52.5 Å². The molecule has 1 aromatic rings. The first kappa shape index (κ1) is 14.4. The zero-order valence-electron chi connectivity index (χ0n) is 11.7. The second-order valence-corrected chi connectivity index (χ2v) is 6.20. The van der Waals surface area contributed by atoms with Gasteiger partial charge >= 0.3 is 5.69 Å². The van der Waals surface area contributed by atoms with Crippen LogP contribution >= 0.6 is 11.6 Å². The zero-order valence-corrected chi connectivity index (χ0v) is 12.5. The quantitative estimate of drug-likeness (QED) is 0.849. The van der Waals surface area contributed by atoms with Crippen molar-refractivity contribution in [3.05, 3.63) is 31.6 Å². The Hall–Kier alpha value is -1.03. The zero-order chi connectivity index (χ0) is 14.2. The number of aromatic nitrogens is 2. The molecule has 0 spiro atoms. The molecule has 2 rings (SSSR count). The maximum Gasteiger partial charge on any atom is 0.329 e. The lowest BCUT2D eigenvalue weighted by atomic mass is 9.80. The monoisotopic (exact) mass is 284 g/mol. The molecule has 2 unspecified atom stereocenters. The summed E-state index contributed by atoms with van der Waals surface area (Å²) in [4.78, 5) is 27.1. The maximum absolute atomic E-state index is 12.4. The molecule has 106 valence electrons. The van der Waals surface area contributed by atoms with Gasteiger partial charge in [-0.2, -0.15) is 0 Å². The Kier molecular flexibility index (Phi) is 4.19. The van der Waals surface area contributed by atoms with Gasteiger partial charge in [-0.1, -0.05) is 32.4 Å². The molecule has 1 aliphatic rings. The number of rotatable bonds is 2. The minimum absolute atomic E-state index is 0.00225. The number of aromatic amines is 1. The van der Waals surface area contributed by atoms with Crippen LogP contribution in [0.2, 0.25) is 5.15 Å². The van der Waals surface area contributed by atoms with Crippen LogP contribution in [0, 0.1) is 11.8 Å². The first-order valence-corrected chi connectivity index (χ1v) is 7.35. The largest absolute Gasteiger partial charge is 0.329 e. The summed E-state index contributed by atoms with van der Waals surface area (Å²) in [7, 11) is 0. The second-order valence-electron chi connectivity index (χ2n) is 5.82. The number of hydrogen-bond donors (Lipinski definition) is 1. The molecule has 19 heavy (non-hydrogen) atoms. The first-order valence-electron chi connectivity index (χ1n) is 6.97. The Bertz CT molecular complexity index is 566. The van der Waals surface area contributed by atoms with Gasteiger partial charge in [0.05, 0.1) is 5.56 Å². The van der Waals surface area contributed by atoms with Gasteiger partial charge in [-0.25, -0.2) is 4.79 Å². The third-order valence-corrected chi connectivity index (χ3v) is 4.37. The molecule has 0 aliphatic heterocycles. The normalized spacial score (nSPS) is 27.5. The lowest BCUT2D eigenvalue weighted by Crippen LogP contribution is -2.42. The molecule has 1 N–H and O–H groups in total. The van der Waals surface area contributed by atoms with Crippen LogP contribution in [0.15, 0.2) is 9.59 Å². The fraction of sp³-hybridized carbons (Fsp3) is 0.714. The third-order valence-electron chi connectivity index (χ3n) is 4.05. The fourth-order valence-corrected chi connectivity index (χ4v) is 3.61. The third kappa shape index (κ3) is 2.78. The van der Waals surface area contributed by atoms with Gasteiger partial charge in [-0.15, -0.1) is 0 Å². The average molecular weight is 285 g/mol. The van der Waals surface area contributed by atoms with E-state index in [9.17, 15) is 9.59 Å². The van der Waals surface area contributed by atoms with E-state index in [1.165, 1.54) is 4.57 Å². The van der Waals surface area contributed by atoms with Gasteiger partial charge in [-0.05, 0) is 37.5 Å². The molecule has 2 atom stereocenters. The van der Waals surface area contributed by atoms with Gasteiger partial charge in [0.25, 0.3) is 5.56 Å². The Morgan fingerprint density at radius 3 is 2.32 bits per heavy atom. The Balaban J connectivity index is 2.50. The smallest absolute Gasteiger partial charge is 0.297 e. The molecule has 0 saturated heterocycles. The molecule has 1 aromatic heterocycles. The number of H-pyrrole nitrogens is 1. The van der Waals surface area contributed by atoms with Crippen LogP contribution in [0.5, 0.6) is 0 Å². The van der Waals surface area contributed by atoms with E-state index in [-0.39, 0.29) is 22.4 Å². The Morgan fingerprint density at radius 2 is 1.79 bits per heavy atom. The predicted octanol–water partition coefficient (Wildman–Crippen LogP) is 2.75. The fourth-order valence-electron chi connectivity index (χ4n) is 3.31. The Morgan fingerprint density at radius 1 is 1.21 bits per heavy atom. The van der Waals surface area contributed by atoms with Crippen molar-refractivity contribution in [3.63, 3.8) is 0 Å². The van der Waals surface area contributed by atoms with Crippen LogP contribution in [-0.2, 0) is 6.42 Å². The number of halogens is 1. The standard InChI is InChI=1S/C14H21ClN2O2/c1-4-11-12(15)16-14(19)17(13(11)18)10-6-8(2)5-9(3)7-10/h8-10H,4-7H2,1-3H3,(H,16,19). The number of nitrogens with one attached hydrogen (secondary N) is 1. The molecular formula is C14H21ClN2O2. The van der Waals surface area contributed by atoms with Crippen LogP contribution < -0.4 is 11.2 Å². The van der Waals surface area contributed by atoms with Crippen molar-refractivity contribution in [3.8, 4) is 0 Å². The minimum Gasteiger partial charge on any atom is -0.297 e. The molecule has 1 aliphatic carbocycles. The summed E-state index contributed by atoms with van der Waals surface area (Å²) in [5.74, 6) is 1.08. The highest BCUT2D eigenvalue weighted by Gasteiger charge is 2.28. The summed E-state index contributed by atoms with van der Waals surface area (Å²) in [6, 6.07) is -0.00225. The van der Waals surface area contributed by atoms with Crippen molar-refractivity contribution >= 4 is 11.6 Å². The molecule has 0 amide bonds. The van der Waals surface area contributed by atoms with E-state index in [0.717, 1.165) is 19.3 Å². The van der Waals surface area contributed by atoms with Crippen molar-refractivity contribution < 1.29 is 0 Å². The summed E-state index contributed by atoms with van der Waals surface area (Å²) >= 11 is 5.93. The van der Waals surface area contributed by atoms with Crippen molar-refractivity contribution in [2.75, 3.05) is 0 Å². The van der Waals surface area contributed by atoms with Gasteiger partial charge in [0, 0.05) is 6.04 Å². The van der Waals surface area contributed by atoms with Crippen molar-refractivity contribution in [1.82, 2.24) is 9.55 Å². The van der Waals surface area contributed by atoms with E-state index in [1.54, 1.807) is 0 Å². The van der Waals surface area contributed by atoms with E-state index in [2.05, 4.69) is 18.8 Å². The van der Waals surface area contributed by atoms with Crippen LogP contribution in [0.25, 0.3) is 0 Å². The topological polar surface area (TPSA) is 54.9 Å². The lowest BCUT2D eigenvalue weighted by Gasteiger charge is -2.32. The highest BCUT2D eigenvalue weighted by atomic mass is 35.5. The first-order chi connectivity index (χ1) is 8.93. The average Bonchev–Trinajstić information content (AvgIpc) is 2.27. The van der Waals surface area contributed by atoms with Gasteiger partial charge < -0.3 is 0 Å². The molecule has 1 saturated carbocycles. The predicted molar refractivity (Wildman–Crippen MR) is 76.9 cm³/mol. The van der Waals surface area contributed by atoms with Crippen molar-refractivity contribution in [2.24, 2.45) is 11.8 Å². The molecule has 0 aromatic carbocycles. The van der Waals surface area contributed by atoms with Crippen LogP contribution in [0.4, 0.5) is 0 Å². The minimum atomic E-state index is -0.376. The van der Waals surface area contributed by atoms with E-state index >= 15 is 0 Å². The lowest BCUT2D eigenvalue weighted by molar-refractivity contribution is 0.213. The maximum atomic E-state index is 12.4. The molecule has 4 nitrogen and oxygen atoms in total. The molecule has 5 heteroatoms. The summed E-state index contributed by atoms with van der Waals surface area (Å²) in [6.45, 7) is 6.23. The second kappa shape index (κ2) is 5.53. The Labute approximate surface area is 117 Å². The molecular weight excluding hydrogens is 264 g/mol. The van der Waals surface area contributed by atoms with E-state index in [4.69, 9.17) is 11.6 Å². The molecule has 0 bridgehead atoms. The molecule has 0 radical (unpaired) electrons. The van der Waals surface area contributed by atoms with Gasteiger partial charge in [0.1, 0.15) is 5.15 Å². The summed E-state index contributed by atoms with van der Waals surface area (Å²) in [5.41, 5.74) is -0.0896. The van der Waals surface area contributed by atoms with Gasteiger partial charge in [0.2, 0.25) is 0 Å². The van der Waals surface area contributed by atoms with E-state index in [1.807, 2.05) is 6.92 Å². The van der Waals surface area contributed by atoms with Gasteiger partial charge in [0.15, 0.2) is 0 Å². The van der Waals surface area contributed by atoms with E-state index in [0.29, 0.717) is 23.8 Å². The van der Waals surface area contributed by atoms with Crippen molar-refractivity contribution in [1.29, 1.82) is 0 Å².